The number of hydrogen-bond acceptors (Lipinski definition) is 1. The molecular formula is C19H25N2PSe. The Kier molecular flexibility index (Phi) is 6.41. The van der Waals surface area contributed by atoms with Crippen LogP contribution in [-0.4, -0.2) is 32.8 Å². The molecule has 0 aliphatic carbocycles. The second-order valence-corrected chi connectivity index (χ2v) is 12.2. The molecule has 0 aliphatic heterocycles. The van der Waals surface area contributed by atoms with Gasteiger partial charge in [-0.1, -0.05) is 0 Å². The van der Waals surface area contributed by atoms with Crippen molar-refractivity contribution in [1.82, 2.24) is 5.32 Å². The first-order chi connectivity index (χ1) is 10.9. The number of hydrogen-bond donors (Lipinski definition) is 1. The molecule has 2 aromatic rings. The zero-order chi connectivity index (χ0) is 16.9. The van der Waals surface area contributed by atoms with Gasteiger partial charge in [0.25, 0.3) is 0 Å². The van der Waals surface area contributed by atoms with E-state index < -0.39 is 5.51 Å². The average Bonchev–Trinajstić information content (AvgIpc) is 2.54. The van der Waals surface area contributed by atoms with E-state index in [1.54, 1.807) is 0 Å². The molecular weight excluding hydrogens is 366 g/mol. The van der Waals surface area contributed by atoms with E-state index in [2.05, 4.69) is 109 Å². The van der Waals surface area contributed by atoms with Crippen LogP contribution in [0.5, 0.6) is 0 Å². The van der Waals surface area contributed by atoms with Crippen LogP contribution in [0, 0.1) is 0 Å². The molecule has 4 heteroatoms. The molecule has 0 fully saturated rings. The van der Waals surface area contributed by atoms with Crippen LogP contribution < -0.4 is 15.9 Å². The SMILES string of the molecule is CC(C)N=C(NC(C)C)P(=[Se])(c1ccccc1)c1ccccc1. The van der Waals surface area contributed by atoms with Gasteiger partial charge in [-0.2, -0.15) is 0 Å². The summed E-state index contributed by atoms with van der Waals surface area (Å²) in [6.45, 7) is 8.58. The summed E-state index contributed by atoms with van der Waals surface area (Å²) in [5.74, 6) is 0. The Bertz CT molecular complexity index is 650. The second-order valence-electron chi connectivity index (χ2n) is 6.13. The van der Waals surface area contributed by atoms with Crippen LogP contribution in [0.15, 0.2) is 65.7 Å². The van der Waals surface area contributed by atoms with Gasteiger partial charge in [-0.05, 0) is 0 Å². The van der Waals surface area contributed by atoms with E-state index in [9.17, 15) is 0 Å². The van der Waals surface area contributed by atoms with Gasteiger partial charge < -0.3 is 0 Å². The molecule has 0 spiro atoms. The van der Waals surface area contributed by atoms with E-state index in [1.807, 2.05) is 0 Å². The molecule has 23 heavy (non-hydrogen) atoms. The molecule has 2 rings (SSSR count). The van der Waals surface area contributed by atoms with E-state index in [1.165, 1.54) is 10.6 Å². The van der Waals surface area contributed by atoms with Crippen LogP contribution in [-0.2, 0) is 0 Å². The summed E-state index contributed by atoms with van der Waals surface area (Å²) in [5, 5.41) is 6.23. The number of aliphatic imine (C=N–C) groups is 1. The Morgan fingerprint density at radius 1 is 0.870 bits per heavy atom. The molecule has 122 valence electrons. The van der Waals surface area contributed by atoms with Gasteiger partial charge in [-0.3, -0.25) is 0 Å². The van der Waals surface area contributed by atoms with E-state index in [0.717, 1.165) is 5.58 Å². The number of nitrogens with zero attached hydrogens (tertiary/aromatic N) is 1. The molecule has 0 atom stereocenters. The van der Waals surface area contributed by atoms with Gasteiger partial charge in [0.2, 0.25) is 0 Å². The summed E-state index contributed by atoms with van der Waals surface area (Å²) < 4.78 is 0. The number of rotatable bonds is 5. The first-order valence-electron chi connectivity index (χ1n) is 8.00. The first kappa shape index (κ1) is 18.2. The fraction of sp³-hybridized carbons (Fsp3) is 0.316. The monoisotopic (exact) mass is 392 g/mol. The van der Waals surface area contributed by atoms with Crippen LogP contribution in [0.2, 0.25) is 0 Å². The van der Waals surface area contributed by atoms with Crippen molar-refractivity contribution < 1.29 is 0 Å². The van der Waals surface area contributed by atoms with Crippen molar-refractivity contribution in [3.05, 3.63) is 60.7 Å². The zero-order valence-corrected chi connectivity index (χ0v) is 16.8. The summed E-state index contributed by atoms with van der Waals surface area (Å²) in [6, 6.07) is 21.9. The van der Waals surface area contributed by atoms with Crippen molar-refractivity contribution in [3.8, 4) is 0 Å². The van der Waals surface area contributed by atoms with Crippen molar-refractivity contribution in [2.24, 2.45) is 4.99 Å². The Balaban J connectivity index is 2.68. The normalized spacial score (nSPS) is 12.7. The summed E-state index contributed by atoms with van der Waals surface area (Å²) in [7, 11) is 0. The Morgan fingerprint density at radius 2 is 1.30 bits per heavy atom. The molecule has 0 aliphatic rings. The van der Waals surface area contributed by atoms with Crippen molar-refractivity contribution in [2.45, 2.75) is 39.8 Å². The molecule has 0 radical (unpaired) electrons. The third kappa shape index (κ3) is 4.44. The van der Waals surface area contributed by atoms with Crippen LogP contribution in [0.3, 0.4) is 0 Å². The average molecular weight is 391 g/mol. The summed E-state index contributed by atoms with van der Waals surface area (Å²) in [6.07, 6.45) is 0. The second kappa shape index (κ2) is 8.11. The van der Waals surface area contributed by atoms with Gasteiger partial charge in [0.15, 0.2) is 0 Å². The maximum absolute atomic E-state index is 4.97. The van der Waals surface area contributed by atoms with Crippen molar-refractivity contribution in [2.75, 3.05) is 0 Å². The Morgan fingerprint density at radius 3 is 1.65 bits per heavy atom. The summed E-state index contributed by atoms with van der Waals surface area (Å²) >= 11 is 3.55. The van der Waals surface area contributed by atoms with Crippen LogP contribution >= 0.6 is 5.51 Å². The number of benzene rings is 2. The molecule has 2 nitrogen and oxygen atoms in total. The minimum absolute atomic E-state index is 0.247. The molecule has 0 heterocycles. The van der Waals surface area contributed by atoms with Gasteiger partial charge in [0, 0.05) is 0 Å². The van der Waals surface area contributed by atoms with E-state index in [-0.39, 0.29) is 6.04 Å². The third-order valence-electron chi connectivity index (χ3n) is 3.34. The quantitative estimate of drug-likeness (QED) is 0.359. The fourth-order valence-corrected chi connectivity index (χ4v) is 7.35. The molecule has 0 aromatic heterocycles. The van der Waals surface area contributed by atoms with Crippen molar-refractivity contribution in [1.29, 1.82) is 0 Å². The molecule has 1 N–H and O–H groups in total. The van der Waals surface area contributed by atoms with Crippen LogP contribution in [0.1, 0.15) is 27.7 Å². The Labute approximate surface area is 147 Å². The molecule has 0 unspecified atom stereocenters. The number of amidine groups is 1. The van der Waals surface area contributed by atoms with Gasteiger partial charge >= 0.3 is 148 Å². The Hall–Kier alpha value is -1.14. The number of nitrogens with one attached hydrogen (secondary N) is 1. The van der Waals surface area contributed by atoms with Crippen molar-refractivity contribution >= 4 is 36.8 Å². The molecule has 0 bridgehead atoms. The van der Waals surface area contributed by atoms with Crippen LogP contribution in [0.4, 0.5) is 0 Å². The van der Waals surface area contributed by atoms with Gasteiger partial charge in [0.05, 0.1) is 0 Å². The summed E-state index contributed by atoms with van der Waals surface area (Å²) in [5.41, 5.74) is -0.795. The predicted octanol–water partition coefficient (Wildman–Crippen LogP) is 3.50. The van der Waals surface area contributed by atoms with E-state index >= 15 is 0 Å². The minimum atomic E-state index is -1.88. The standard InChI is InChI=1S/C19H25N2PSe/c1-15(2)20-19(21-16(3)4)22(23,17-11-7-5-8-12-17)18-13-9-6-10-14-18/h5-16H,1-4H3,(H,20,21). The third-order valence-corrected chi connectivity index (χ3v) is 9.97. The van der Waals surface area contributed by atoms with Gasteiger partial charge in [-0.15, -0.1) is 0 Å². The zero-order valence-electron chi connectivity index (χ0n) is 14.2. The predicted molar refractivity (Wildman–Crippen MR) is 106 cm³/mol. The molecule has 0 saturated heterocycles. The fourth-order valence-electron chi connectivity index (χ4n) is 2.38. The summed E-state index contributed by atoms with van der Waals surface area (Å²) in [4.78, 5) is 4.97. The maximum atomic E-state index is 4.97. The van der Waals surface area contributed by atoms with E-state index in [0.29, 0.717) is 6.04 Å². The van der Waals surface area contributed by atoms with Crippen molar-refractivity contribution in [3.63, 3.8) is 0 Å². The van der Waals surface area contributed by atoms with E-state index in [4.69, 9.17) is 4.99 Å². The molecule has 2 aromatic carbocycles. The van der Waals surface area contributed by atoms with Gasteiger partial charge in [0.1, 0.15) is 0 Å². The topological polar surface area (TPSA) is 24.4 Å². The molecule has 0 saturated carbocycles. The molecule has 0 amide bonds. The van der Waals surface area contributed by atoms with Crippen LogP contribution in [0.25, 0.3) is 0 Å². The first-order valence-corrected chi connectivity index (χ1v) is 12.0. The van der Waals surface area contributed by atoms with Gasteiger partial charge in [-0.25, -0.2) is 0 Å².